The van der Waals surface area contributed by atoms with Crippen LogP contribution in [0, 0.1) is 5.92 Å². The molecule has 1 rings (SSSR count). The number of alkyl halides is 2. The summed E-state index contributed by atoms with van der Waals surface area (Å²) in [5.74, 6) is 0.102. The van der Waals surface area contributed by atoms with Crippen molar-refractivity contribution in [3.8, 4) is 0 Å². The number of halogens is 2. The molecule has 0 bridgehead atoms. The average Bonchev–Trinajstić information content (AvgIpc) is 1.60. The van der Waals surface area contributed by atoms with Crippen LogP contribution in [0.2, 0.25) is 0 Å². The largest absolute Gasteiger partial charge is 0.323 e. The highest BCUT2D eigenvalue weighted by Gasteiger charge is 2.30. The Morgan fingerprint density at radius 1 is 1.33 bits per heavy atom. The molecule has 0 heterocycles. The lowest BCUT2D eigenvalue weighted by atomic mass is 9.80. The molecule has 9 heavy (non-hydrogen) atoms. The third-order valence-corrected chi connectivity index (χ3v) is 1.99. The molecule has 0 radical (unpaired) electrons. The molecule has 0 aromatic heterocycles. The second-order valence-corrected chi connectivity index (χ2v) is 2.60. The van der Waals surface area contributed by atoms with Crippen LogP contribution in [0.1, 0.15) is 19.3 Å². The molecule has 0 spiro atoms. The van der Waals surface area contributed by atoms with Gasteiger partial charge in [-0.05, 0) is 18.8 Å². The van der Waals surface area contributed by atoms with Gasteiger partial charge in [-0.25, -0.2) is 8.78 Å². The lowest BCUT2D eigenvalue weighted by Gasteiger charge is -2.30. The fourth-order valence-electron chi connectivity index (χ4n) is 1.03. The predicted octanol–water partition coefficient (Wildman–Crippen LogP) is 1.38. The molecule has 0 amide bonds. The van der Waals surface area contributed by atoms with Gasteiger partial charge in [0.1, 0.15) is 0 Å². The summed E-state index contributed by atoms with van der Waals surface area (Å²) in [4.78, 5) is 0. The van der Waals surface area contributed by atoms with E-state index in [4.69, 9.17) is 5.73 Å². The Kier molecular flexibility index (Phi) is 2.01. The highest BCUT2D eigenvalue weighted by atomic mass is 19.3. The molecule has 0 aliphatic heterocycles. The first-order chi connectivity index (χ1) is 4.22. The molecule has 2 N–H and O–H groups in total. The van der Waals surface area contributed by atoms with Crippen molar-refractivity contribution in [3.05, 3.63) is 0 Å². The van der Waals surface area contributed by atoms with Crippen LogP contribution in [-0.2, 0) is 0 Å². The topological polar surface area (TPSA) is 26.0 Å². The van der Waals surface area contributed by atoms with Crippen molar-refractivity contribution in [2.75, 3.05) is 0 Å². The van der Waals surface area contributed by atoms with Crippen LogP contribution < -0.4 is 5.73 Å². The van der Waals surface area contributed by atoms with Crippen LogP contribution in [-0.4, -0.2) is 12.5 Å². The maximum Gasteiger partial charge on any atom is 0.253 e. The van der Waals surface area contributed by atoms with Crippen molar-refractivity contribution in [3.63, 3.8) is 0 Å². The van der Waals surface area contributed by atoms with Gasteiger partial charge in [-0.1, -0.05) is 6.42 Å². The summed E-state index contributed by atoms with van der Waals surface area (Å²) < 4.78 is 23.5. The second kappa shape index (κ2) is 2.60. The standard InChI is InChI=1S/C6H11F2N/c7-6(8)5(9)4-2-1-3-4/h4-6H,1-3,9H2/t5-/m0/s1. The fourth-order valence-corrected chi connectivity index (χ4v) is 1.03. The number of hydrogen-bond acceptors (Lipinski definition) is 1. The Labute approximate surface area is 53.2 Å². The third-order valence-electron chi connectivity index (χ3n) is 1.99. The highest BCUT2D eigenvalue weighted by Crippen LogP contribution is 2.30. The quantitative estimate of drug-likeness (QED) is 0.608. The van der Waals surface area contributed by atoms with E-state index in [-0.39, 0.29) is 5.92 Å². The summed E-state index contributed by atoms with van der Waals surface area (Å²) in [6.45, 7) is 0. The smallest absolute Gasteiger partial charge is 0.253 e. The molecule has 1 nitrogen and oxygen atoms in total. The second-order valence-electron chi connectivity index (χ2n) is 2.60. The van der Waals surface area contributed by atoms with E-state index in [0.29, 0.717) is 0 Å². The first kappa shape index (κ1) is 6.93. The molecule has 0 saturated heterocycles. The summed E-state index contributed by atoms with van der Waals surface area (Å²) >= 11 is 0. The minimum atomic E-state index is -2.32. The Hall–Kier alpha value is -0.180. The Balaban J connectivity index is 2.23. The van der Waals surface area contributed by atoms with Crippen molar-refractivity contribution in [1.29, 1.82) is 0 Å². The minimum Gasteiger partial charge on any atom is -0.323 e. The van der Waals surface area contributed by atoms with E-state index in [1.807, 2.05) is 0 Å². The van der Waals surface area contributed by atoms with Crippen LogP contribution >= 0.6 is 0 Å². The van der Waals surface area contributed by atoms with Crippen molar-refractivity contribution in [2.24, 2.45) is 11.7 Å². The molecule has 1 fully saturated rings. The zero-order valence-electron chi connectivity index (χ0n) is 5.19. The molecule has 1 aliphatic carbocycles. The maximum atomic E-state index is 11.8. The van der Waals surface area contributed by atoms with Crippen molar-refractivity contribution in [2.45, 2.75) is 31.7 Å². The maximum absolute atomic E-state index is 11.8. The van der Waals surface area contributed by atoms with Gasteiger partial charge < -0.3 is 5.73 Å². The summed E-state index contributed by atoms with van der Waals surface area (Å²) in [5.41, 5.74) is 5.17. The van der Waals surface area contributed by atoms with E-state index in [1.54, 1.807) is 0 Å². The molecule has 1 aliphatic rings. The summed E-state index contributed by atoms with van der Waals surface area (Å²) in [6, 6.07) is -0.862. The van der Waals surface area contributed by atoms with Gasteiger partial charge in [0.2, 0.25) is 0 Å². The van der Waals surface area contributed by atoms with Gasteiger partial charge in [0.15, 0.2) is 0 Å². The van der Waals surface area contributed by atoms with Crippen LogP contribution in [0.3, 0.4) is 0 Å². The average molecular weight is 135 g/mol. The van der Waals surface area contributed by atoms with Crippen LogP contribution in [0.5, 0.6) is 0 Å². The molecule has 1 saturated carbocycles. The van der Waals surface area contributed by atoms with Gasteiger partial charge in [0.05, 0.1) is 6.04 Å². The van der Waals surface area contributed by atoms with E-state index >= 15 is 0 Å². The molecular formula is C6H11F2N. The van der Waals surface area contributed by atoms with Crippen LogP contribution in [0.4, 0.5) is 8.78 Å². The van der Waals surface area contributed by atoms with Gasteiger partial charge in [-0.3, -0.25) is 0 Å². The normalized spacial score (nSPS) is 24.0. The Morgan fingerprint density at radius 3 is 2.00 bits per heavy atom. The van der Waals surface area contributed by atoms with Gasteiger partial charge in [-0.2, -0.15) is 0 Å². The molecule has 0 aromatic rings. The fraction of sp³-hybridized carbons (Fsp3) is 1.00. The molecule has 1 atom stereocenters. The van der Waals surface area contributed by atoms with E-state index in [2.05, 4.69) is 0 Å². The number of rotatable bonds is 2. The lowest BCUT2D eigenvalue weighted by Crippen LogP contribution is -2.40. The molecule has 0 unspecified atom stereocenters. The van der Waals surface area contributed by atoms with E-state index in [1.165, 1.54) is 0 Å². The minimum absolute atomic E-state index is 0.102. The first-order valence-electron chi connectivity index (χ1n) is 3.25. The lowest BCUT2D eigenvalue weighted by molar-refractivity contribution is 0.0651. The summed E-state index contributed by atoms with van der Waals surface area (Å²) in [6.07, 6.45) is 0.539. The van der Waals surface area contributed by atoms with Gasteiger partial charge >= 0.3 is 0 Å². The van der Waals surface area contributed by atoms with Crippen molar-refractivity contribution < 1.29 is 8.78 Å². The summed E-state index contributed by atoms with van der Waals surface area (Å²) in [7, 11) is 0. The number of hydrogen-bond donors (Lipinski definition) is 1. The van der Waals surface area contributed by atoms with Gasteiger partial charge in [0.25, 0.3) is 6.43 Å². The molecule has 54 valence electrons. The van der Waals surface area contributed by atoms with E-state index in [0.717, 1.165) is 19.3 Å². The highest BCUT2D eigenvalue weighted by molar-refractivity contribution is 4.81. The predicted molar refractivity (Wildman–Crippen MR) is 31.3 cm³/mol. The third kappa shape index (κ3) is 1.39. The molecule has 0 aromatic carbocycles. The zero-order valence-corrected chi connectivity index (χ0v) is 5.19. The van der Waals surface area contributed by atoms with E-state index in [9.17, 15) is 8.78 Å². The van der Waals surface area contributed by atoms with Crippen molar-refractivity contribution in [1.82, 2.24) is 0 Å². The van der Waals surface area contributed by atoms with Crippen LogP contribution in [0.15, 0.2) is 0 Å². The van der Waals surface area contributed by atoms with E-state index < -0.39 is 12.5 Å². The Morgan fingerprint density at radius 2 is 1.89 bits per heavy atom. The number of nitrogens with two attached hydrogens (primary N) is 1. The summed E-state index contributed by atoms with van der Waals surface area (Å²) in [5, 5.41) is 0. The molecular weight excluding hydrogens is 124 g/mol. The SMILES string of the molecule is N[C@H](C(F)F)C1CCC1. The van der Waals surface area contributed by atoms with Crippen molar-refractivity contribution >= 4 is 0 Å². The van der Waals surface area contributed by atoms with Crippen LogP contribution in [0.25, 0.3) is 0 Å². The Bertz CT molecular complexity index is 91.1. The van der Waals surface area contributed by atoms with Gasteiger partial charge in [-0.15, -0.1) is 0 Å². The molecule has 3 heteroatoms. The first-order valence-corrected chi connectivity index (χ1v) is 3.25. The zero-order chi connectivity index (χ0) is 6.85. The monoisotopic (exact) mass is 135 g/mol. The van der Waals surface area contributed by atoms with Gasteiger partial charge in [0, 0.05) is 0 Å².